The van der Waals surface area contributed by atoms with E-state index in [4.69, 9.17) is 10.00 Å². The van der Waals surface area contributed by atoms with Gasteiger partial charge in [-0.25, -0.2) is 4.68 Å². The molecule has 1 aromatic heterocycles. The molecule has 4 rings (SSSR count). The number of nitrogens with zero attached hydrogens (tertiary/aromatic N) is 4. The van der Waals surface area contributed by atoms with Gasteiger partial charge < -0.3 is 9.64 Å². The second-order valence-electron chi connectivity index (χ2n) is 6.72. The van der Waals surface area contributed by atoms with Crippen LogP contribution in [0.5, 0.6) is 5.75 Å². The number of piperidine rings is 1. The molecule has 0 amide bonds. The third kappa shape index (κ3) is 3.15. The van der Waals surface area contributed by atoms with Crippen molar-refractivity contribution in [1.29, 1.82) is 5.26 Å². The average molecular weight is 322 g/mol. The van der Waals surface area contributed by atoms with E-state index in [1.807, 2.05) is 24.3 Å². The maximum absolute atomic E-state index is 8.87. The summed E-state index contributed by atoms with van der Waals surface area (Å²) in [6.45, 7) is 2.33. The highest BCUT2D eigenvalue weighted by Crippen LogP contribution is 2.28. The lowest BCUT2D eigenvalue weighted by Gasteiger charge is -2.41. The Labute approximate surface area is 142 Å². The molecule has 2 fully saturated rings. The van der Waals surface area contributed by atoms with Gasteiger partial charge in [0.05, 0.1) is 17.4 Å². The number of benzene rings is 1. The largest absolute Gasteiger partial charge is 0.490 e. The summed E-state index contributed by atoms with van der Waals surface area (Å²) in [5.74, 6) is 0.911. The molecule has 0 spiro atoms. The number of hydrogen-bond donors (Lipinski definition) is 0. The molecule has 2 heterocycles. The Balaban J connectivity index is 1.33. The van der Waals surface area contributed by atoms with Gasteiger partial charge in [0.25, 0.3) is 0 Å². The molecule has 5 nitrogen and oxygen atoms in total. The van der Waals surface area contributed by atoms with Crippen LogP contribution in [0.25, 0.3) is 5.69 Å². The van der Waals surface area contributed by atoms with Crippen LogP contribution in [0.1, 0.15) is 37.7 Å². The first-order valence-electron chi connectivity index (χ1n) is 8.78. The van der Waals surface area contributed by atoms with Crippen LogP contribution in [0.3, 0.4) is 0 Å². The number of hydrogen-bond acceptors (Lipinski definition) is 4. The highest BCUT2D eigenvalue weighted by Gasteiger charge is 2.29. The Morgan fingerprint density at radius 3 is 2.42 bits per heavy atom. The highest BCUT2D eigenvalue weighted by molar-refractivity contribution is 5.38. The van der Waals surface area contributed by atoms with Crippen molar-refractivity contribution >= 4 is 0 Å². The summed E-state index contributed by atoms with van der Waals surface area (Å²) >= 11 is 0. The van der Waals surface area contributed by atoms with Crippen molar-refractivity contribution in [2.24, 2.45) is 0 Å². The number of likely N-dealkylation sites (tertiary alicyclic amines) is 1. The number of aromatic nitrogens is 2. The van der Waals surface area contributed by atoms with Crippen molar-refractivity contribution in [3.05, 3.63) is 42.2 Å². The van der Waals surface area contributed by atoms with Crippen molar-refractivity contribution in [3.63, 3.8) is 0 Å². The molecular weight excluding hydrogens is 300 g/mol. The Kier molecular flexibility index (Phi) is 4.22. The van der Waals surface area contributed by atoms with Crippen LogP contribution in [0.4, 0.5) is 0 Å². The van der Waals surface area contributed by atoms with Gasteiger partial charge in [-0.1, -0.05) is 6.42 Å². The van der Waals surface area contributed by atoms with Gasteiger partial charge in [-0.15, -0.1) is 0 Å². The minimum atomic E-state index is 0.321. The normalized spacial score (nSPS) is 19.6. The van der Waals surface area contributed by atoms with Gasteiger partial charge in [0, 0.05) is 25.3 Å². The van der Waals surface area contributed by atoms with E-state index in [9.17, 15) is 0 Å². The van der Waals surface area contributed by atoms with Gasteiger partial charge in [-0.3, -0.25) is 0 Å². The van der Waals surface area contributed by atoms with E-state index in [-0.39, 0.29) is 0 Å². The summed E-state index contributed by atoms with van der Waals surface area (Å²) in [5, 5.41) is 13.1. The molecule has 124 valence electrons. The molecule has 1 saturated carbocycles. The lowest BCUT2D eigenvalue weighted by atomic mass is 9.90. The third-order valence-corrected chi connectivity index (χ3v) is 5.18. The zero-order valence-corrected chi connectivity index (χ0v) is 13.8. The van der Waals surface area contributed by atoms with Gasteiger partial charge in [0.1, 0.15) is 17.9 Å². The molecule has 1 saturated heterocycles. The SMILES string of the molecule is N#Cc1cnn(-c2ccc(OC3CCN(C4CCC4)CC3)cc2)c1. The summed E-state index contributed by atoms with van der Waals surface area (Å²) in [6.07, 6.45) is 10.0. The quantitative estimate of drug-likeness (QED) is 0.868. The molecule has 0 bridgehead atoms. The van der Waals surface area contributed by atoms with Crippen LogP contribution >= 0.6 is 0 Å². The first-order chi connectivity index (χ1) is 11.8. The molecule has 5 heteroatoms. The average Bonchev–Trinajstić information content (AvgIpc) is 3.05. The molecule has 2 aromatic rings. The maximum Gasteiger partial charge on any atom is 0.119 e. The Hall–Kier alpha value is -2.32. The standard InChI is InChI=1S/C19H22N4O/c20-12-15-13-21-23(14-15)17-4-6-18(7-5-17)24-19-8-10-22(11-9-19)16-2-1-3-16/h4-7,13-14,16,19H,1-3,8-11H2. The van der Waals surface area contributed by atoms with E-state index in [0.29, 0.717) is 11.7 Å². The lowest BCUT2D eigenvalue weighted by molar-refractivity contribution is 0.0493. The van der Waals surface area contributed by atoms with E-state index in [0.717, 1.165) is 43.4 Å². The van der Waals surface area contributed by atoms with Crippen LogP contribution in [0.2, 0.25) is 0 Å². The number of nitriles is 1. The molecule has 2 aliphatic rings. The monoisotopic (exact) mass is 322 g/mol. The minimum absolute atomic E-state index is 0.321. The molecule has 0 N–H and O–H groups in total. The second-order valence-corrected chi connectivity index (χ2v) is 6.72. The van der Waals surface area contributed by atoms with E-state index < -0.39 is 0 Å². The summed E-state index contributed by atoms with van der Waals surface area (Å²) in [5.41, 5.74) is 1.50. The third-order valence-electron chi connectivity index (χ3n) is 5.18. The fourth-order valence-corrected chi connectivity index (χ4v) is 3.50. The van der Waals surface area contributed by atoms with E-state index >= 15 is 0 Å². The predicted molar refractivity (Wildman–Crippen MR) is 91.1 cm³/mol. The van der Waals surface area contributed by atoms with Crippen LogP contribution in [0.15, 0.2) is 36.7 Å². The zero-order valence-electron chi connectivity index (χ0n) is 13.8. The van der Waals surface area contributed by atoms with Crippen LogP contribution in [-0.2, 0) is 0 Å². The predicted octanol–water partition coefficient (Wildman–Crippen LogP) is 3.14. The number of ether oxygens (including phenoxy) is 1. The van der Waals surface area contributed by atoms with Gasteiger partial charge in [-0.2, -0.15) is 10.4 Å². The van der Waals surface area contributed by atoms with Gasteiger partial charge in [0.15, 0.2) is 0 Å². The van der Waals surface area contributed by atoms with Crippen molar-refractivity contribution < 1.29 is 4.74 Å². The minimum Gasteiger partial charge on any atom is -0.490 e. The van der Waals surface area contributed by atoms with Crippen molar-refractivity contribution in [2.75, 3.05) is 13.1 Å². The van der Waals surface area contributed by atoms with Crippen LogP contribution in [0, 0.1) is 11.3 Å². The molecule has 1 aromatic carbocycles. The Morgan fingerprint density at radius 2 is 1.83 bits per heavy atom. The summed E-state index contributed by atoms with van der Waals surface area (Å²) < 4.78 is 7.85. The molecular formula is C19H22N4O. The second kappa shape index (κ2) is 6.66. The maximum atomic E-state index is 8.87. The highest BCUT2D eigenvalue weighted by atomic mass is 16.5. The van der Waals surface area contributed by atoms with Crippen LogP contribution in [-0.4, -0.2) is 39.9 Å². The molecule has 1 aliphatic heterocycles. The fraction of sp³-hybridized carbons (Fsp3) is 0.474. The Bertz CT molecular complexity index is 719. The molecule has 24 heavy (non-hydrogen) atoms. The lowest BCUT2D eigenvalue weighted by Crippen LogP contribution is -2.46. The van der Waals surface area contributed by atoms with E-state index in [1.54, 1.807) is 17.1 Å². The molecule has 0 atom stereocenters. The van der Waals surface area contributed by atoms with Crippen molar-refractivity contribution in [1.82, 2.24) is 14.7 Å². The molecule has 1 aliphatic carbocycles. The van der Waals surface area contributed by atoms with Crippen molar-refractivity contribution in [2.45, 2.75) is 44.2 Å². The number of rotatable bonds is 4. The Morgan fingerprint density at radius 1 is 1.08 bits per heavy atom. The molecule has 0 unspecified atom stereocenters. The summed E-state index contributed by atoms with van der Waals surface area (Å²) in [6, 6.07) is 10.9. The first kappa shape index (κ1) is 15.2. The van der Waals surface area contributed by atoms with E-state index in [2.05, 4.69) is 16.1 Å². The fourth-order valence-electron chi connectivity index (χ4n) is 3.50. The van der Waals surface area contributed by atoms with Crippen molar-refractivity contribution in [3.8, 4) is 17.5 Å². The van der Waals surface area contributed by atoms with E-state index in [1.165, 1.54) is 19.3 Å². The summed E-state index contributed by atoms with van der Waals surface area (Å²) in [7, 11) is 0. The van der Waals surface area contributed by atoms with Gasteiger partial charge in [0.2, 0.25) is 0 Å². The summed E-state index contributed by atoms with van der Waals surface area (Å²) in [4.78, 5) is 2.64. The van der Waals surface area contributed by atoms with Crippen LogP contribution < -0.4 is 4.74 Å². The smallest absolute Gasteiger partial charge is 0.119 e. The van der Waals surface area contributed by atoms with Gasteiger partial charge >= 0.3 is 0 Å². The first-order valence-corrected chi connectivity index (χ1v) is 8.78. The topological polar surface area (TPSA) is 54.1 Å². The van der Waals surface area contributed by atoms with Gasteiger partial charge in [-0.05, 0) is 49.9 Å². The molecule has 0 radical (unpaired) electrons. The zero-order chi connectivity index (χ0) is 16.4.